The molecule has 0 bridgehead atoms. The van der Waals surface area contributed by atoms with Crippen LogP contribution in [0.4, 0.5) is 5.82 Å². The lowest BCUT2D eigenvalue weighted by atomic mass is 9.87. The van der Waals surface area contributed by atoms with E-state index in [1.54, 1.807) is 12.1 Å². The van der Waals surface area contributed by atoms with Gasteiger partial charge in [-0.25, -0.2) is 28.6 Å². The van der Waals surface area contributed by atoms with Crippen LogP contribution in [0.2, 0.25) is 0 Å². The number of nitrogen functional groups attached to an aromatic ring is 1. The standard InChI is InChI=1S/C32H44N7O19P3S/c1-32(2,27(45)30(46)35-10-9-22(42)34-11-12-62-23(43)13-20(41)8-5-18-3-6-19(40)7-4-18)15-55-61(52,53)58-60(50,51)54-14-21-26(57-59(47,48)49)25(44)31(56-21)39-17-38-24-28(33)36-16-37-29(24)39/h3-8,16-17,21,25-27,31,40,44-45H,9-15H2,1-2H3,(H,34,42)(H,35,46)(H,50,51)(H,52,53)(H2,33,36,37)(H2,47,48,49)/t21-,25-,26-,27+,31-/m1/s1. The van der Waals surface area contributed by atoms with E-state index >= 15 is 0 Å². The number of aliphatic hydroxyl groups is 2. The Balaban J connectivity index is 1.18. The highest BCUT2D eigenvalue weighted by Gasteiger charge is 2.50. The third-order valence-corrected chi connectivity index (χ3v) is 12.4. The number of carbonyl (C=O) groups excluding carboxylic acids is 4. The van der Waals surface area contributed by atoms with Crippen LogP contribution in [0, 0.1) is 5.41 Å². The molecule has 0 radical (unpaired) electrons. The van der Waals surface area contributed by atoms with Crippen molar-refractivity contribution in [2.75, 3.05) is 37.8 Å². The number of imidazole rings is 1. The van der Waals surface area contributed by atoms with Gasteiger partial charge in [-0.15, -0.1) is 0 Å². The zero-order valence-electron chi connectivity index (χ0n) is 32.6. The summed E-state index contributed by atoms with van der Waals surface area (Å²) in [6.45, 7) is 0.175. The maximum atomic E-state index is 12.7. The Hall–Kier alpha value is -4.01. The summed E-state index contributed by atoms with van der Waals surface area (Å²) >= 11 is 0.834. The number of phosphoric ester groups is 3. The number of thioether (sulfide) groups is 1. The van der Waals surface area contributed by atoms with Gasteiger partial charge in [-0.05, 0) is 23.8 Å². The van der Waals surface area contributed by atoms with Crippen LogP contribution in [0.25, 0.3) is 17.2 Å². The third-order valence-electron chi connectivity index (χ3n) is 8.44. The van der Waals surface area contributed by atoms with Gasteiger partial charge in [-0.3, -0.25) is 37.3 Å². The van der Waals surface area contributed by atoms with E-state index in [1.807, 2.05) is 0 Å². The van der Waals surface area contributed by atoms with Crippen molar-refractivity contribution in [1.29, 1.82) is 0 Å². The number of nitrogens with one attached hydrogen (secondary N) is 2. The van der Waals surface area contributed by atoms with Crippen molar-refractivity contribution in [2.24, 2.45) is 5.41 Å². The first-order valence-corrected chi connectivity index (χ1v) is 23.4. The van der Waals surface area contributed by atoms with Crippen molar-refractivity contribution in [1.82, 2.24) is 30.2 Å². The monoisotopic (exact) mass is 955 g/mol. The minimum absolute atomic E-state index is 0.0182. The van der Waals surface area contributed by atoms with Gasteiger partial charge in [0.15, 0.2) is 28.6 Å². The number of benzene rings is 1. The number of allylic oxidation sites excluding steroid dienone is 1. The molecule has 1 aliphatic heterocycles. The van der Waals surface area contributed by atoms with Crippen molar-refractivity contribution in [3.8, 4) is 5.75 Å². The Morgan fingerprint density at radius 1 is 1.02 bits per heavy atom. The number of rotatable bonds is 23. The summed E-state index contributed by atoms with van der Waals surface area (Å²) in [5, 5.41) is 35.2. The number of aliphatic hydroxyl groups excluding tert-OH is 2. The van der Waals surface area contributed by atoms with Crippen LogP contribution in [0.1, 0.15) is 38.5 Å². The highest BCUT2D eigenvalue weighted by molar-refractivity contribution is 8.13. The molecule has 0 aliphatic carbocycles. The molecule has 11 N–H and O–H groups in total. The molecule has 3 aromatic rings. The van der Waals surface area contributed by atoms with Gasteiger partial charge in [0.2, 0.25) is 11.8 Å². The number of phosphoric acid groups is 3. The number of aromatic hydroxyl groups is 1. The molecule has 342 valence electrons. The number of anilines is 1. The number of phenolic OH excluding ortho intramolecular Hbond substituents is 1. The highest BCUT2D eigenvalue weighted by atomic mass is 32.2. The van der Waals surface area contributed by atoms with Gasteiger partial charge >= 0.3 is 23.5 Å². The fraction of sp³-hybridized carbons (Fsp3) is 0.469. The van der Waals surface area contributed by atoms with Gasteiger partial charge in [0.25, 0.3) is 0 Å². The largest absolute Gasteiger partial charge is 0.508 e. The first-order valence-electron chi connectivity index (χ1n) is 17.9. The minimum atomic E-state index is -5.60. The number of fused-ring (bicyclic) bond motifs is 1. The number of nitrogens with zero attached hydrogens (tertiary/aromatic N) is 4. The Morgan fingerprint density at radius 2 is 1.69 bits per heavy atom. The summed E-state index contributed by atoms with van der Waals surface area (Å²) in [4.78, 5) is 99.9. The normalized spacial score (nSPS) is 20.7. The van der Waals surface area contributed by atoms with Crippen molar-refractivity contribution in [2.45, 2.75) is 57.3 Å². The number of ketones is 1. The van der Waals surface area contributed by atoms with E-state index in [0.717, 1.165) is 29.0 Å². The van der Waals surface area contributed by atoms with Crippen LogP contribution in [-0.2, 0) is 55.5 Å². The molecule has 0 spiro atoms. The number of nitrogens with two attached hydrogens (primary N) is 1. The second kappa shape index (κ2) is 21.6. The van der Waals surface area contributed by atoms with E-state index in [-0.39, 0.29) is 54.4 Å². The molecule has 62 heavy (non-hydrogen) atoms. The highest BCUT2D eigenvalue weighted by Crippen LogP contribution is 2.61. The number of carbonyl (C=O) groups is 4. The van der Waals surface area contributed by atoms with E-state index in [1.165, 1.54) is 38.1 Å². The van der Waals surface area contributed by atoms with Crippen LogP contribution < -0.4 is 16.4 Å². The lowest BCUT2D eigenvalue weighted by molar-refractivity contribution is -0.137. The molecular formula is C32H44N7O19P3S. The average Bonchev–Trinajstić information content (AvgIpc) is 3.74. The van der Waals surface area contributed by atoms with Crippen molar-refractivity contribution >= 4 is 81.0 Å². The van der Waals surface area contributed by atoms with E-state index in [9.17, 15) is 67.8 Å². The van der Waals surface area contributed by atoms with Crippen LogP contribution in [0.3, 0.4) is 0 Å². The second-order valence-corrected chi connectivity index (χ2v) is 19.2. The number of aromatic nitrogens is 4. The van der Waals surface area contributed by atoms with Gasteiger partial charge in [0.05, 0.1) is 26.0 Å². The molecule has 26 nitrogen and oxygen atoms in total. The van der Waals surface area contributed by atoms with Gasteiger partial charge in [0, 0.05) is 30.7 Å². The molecular weight excluding hydrogens is 911 g/mol. The number of amides is 2. The molecule has 3 heterocycles. The zero-order chi connectivity index (χ0) is 46.0. The Kier molecular flexibility index (Phi) is 17.6. The first kappa shape index (κ1) is 50.6. The van der Waals surface area contributed by atoms with Gasteiger partial charge < -0.3 is 56.0 Å². The number of ether oxygens (including phenoxy) is 1. The maximum absolute atomic E-state index is 12.7. The maximum Gasteiger partial charge on any atom is 0.481 e. The van der Waals surface area contributed by atoms with Gasteiger partial charge in [-0.2, -0.15) is 4.31 Å². The van der Waals surface area contributed by atoms with E-state index in [4.69, 9.17) is 19.5 Å². The smallest absolute Gasteiger partial charge is 0.481 e. The van der Waals surface area contributed by atoms with E-state index in [0.29, 0.717) is 5.56 Å². The van der Waals surface area contributed by atoms with Crippen LogP contribution in [0.15, 0.2) is 43.0 Å². The molecule has 1 aliphatic rings. The Morgan fingerprint density at radius 3 is 2.37 bits per heavy atom. The lowest BCUT2D eigenvalue weighted by Gasteiger charge is -2.30. The van der Waals surface area contributed by atoms with Crippen LogP contribution in [0.5, 0.6) is 5.75 Å². The summed E-state index contributed by atoms with van der Waals surface area (Å²) in [5.74, 6) is -1.81. The van der Waals surface area contributed by atoms with Crippen molar-refractivity contribution < 1.29 is 90.4 Å². The molecule has 2 amide bonds. The molecule has 0 saturated carbocycles. The average molecular weight is 956 g/mol. The molecule has 2 unspecified atom stereocenters. The summed E-state index contributed by atoms with van der Waals surface area (Å²) in [5.41, 5.74) is 4.85. The minimum Gasteiger partial charge on any atom is -0.508 e. The summed E-state index contributed by atoms with van der Waals surface area (Å²) in [6.07, 6.45) is -4.75. The summed E-state index contributed by atoms with van der Waals surface area (Å²) in [7, 11) is -16.5. The lowest BCUT2D eigenvalue weighted by Crippen LogP contribution is -2.46. The molecule has 1 aromatic carbocycles. The van der Waals surface area contributed by atoms with Crippen LogP contribution in [-0.4, -0.2) is 134 Å². The molecule has 4 rings (SSSR count). The zero-order valence-corrected chi connectivity index (χ0v) is 36.1. The van der Waals surface area contributed by atoms with E-state index < -0.39 is 95.5 Å². The molecule has 1 fully saturated rings. The molecule has 30 heteroatoms. The van der Waals surface area contributed by atoms with Gasteiger partial charge in [-0.1, -0.05) is 43.8 Å². The second-order valence-electron chi connectivity index (χ2n) is 13.9. The summed E-state index contributed by atoms with van der Waals surface area (Å²) < 4.78 is 62.2. The van der Waals surface area contributed by atoms with E-state index in [2.05, 4.69) is 34.4 Å². The third kappa shape index (κ3) is 15.4. The molecule has 7 atom stereocenters. The molecule has 1 saturated heterocycles. The SMILES string of the molecule is CC(C)(COP(=O)(O)OP(=O)(O)OC[C@H]1O[C@@H](n2cnc3c(N)ncnc32)[C@H](O)[C@@H]1OP(=O)(O)O)[C@@H](O)C(=O)NCCC(=O)NCCSC(=O)CC(=O)C=Cc1ccc(O)cc1. The fourth-order valence-electron chi connectivity index (χ4n) is 5.32. The summed E-state index contributed by atoms with van der Waals surface area (Å²) in [6, 6.07) is 6.08. The molecule has 2 aromatic heterocycles. The Labute approximate surface area is 355 Å². The number of hydrogen-bond donors (Lipinski definition) is 10. The van der Waals surface area contributed by atoms with Crippen molar-refractivity contribution in [3.05, 3.63) is 48.6 Å². The van der Waals surface area contributed by atoms with Crippen LogP contribution >= 0.6 is 35.2 Å². The Bertz CT molecular complexity index is 2260. The number of phenols is 1. The first-order chi connectivity index (χ1) is 28.9. The topological polar surface area (TPSA) is 401 Å². The quantitative estimate of drug-likeness (QED) is 0.0260. The number of hydrogen-bond acceptors (Lipinski definition) is 20. The predicted octanol–water partition coefficient (Wildman–Crippen LogP) is 0.0429. The van der Waals surface area contributed by atoms with Crippen molar-refractivity contribution in [3.63, 3.8) is 0 Å². The fourth-order valence-corrected chi connectivity index (χ4v) is 8.83. The predicted molar refractivity (Wildman–Crippen MR) is 214 cm³/mol. The van der Waals surface area contributed by atoms with Gasteiger partial charge in [0.1, 0.15) is 42.0 Å².